The first-order valence-electron chi connectivity index (χ1n) is 5.71. The van der Waals surface area contributed by atoms with Gasteiger partial charge in [-0.3, -0.25) is 0 Å². The van der Waals surface area contributed by atoms with Gasteiger partial charge in [-0.05, 0) is 6.07 Å². The Hall–Kier alpha value is -2.46. The summed E-state index contributed by atoms with van der Waals surface area (Å²) in [6, 6.07) is 0.270. The van der Waals surface area contributed by atoms with Crippen molar-refractivity contribution in [1.29, 1.82) is 0 Å². The zero-order valence-corrected chi connectivity index (χ0v) is 10.7. The summed E-state index contributed by atoms with van der Waals surface area (Å²) >= 11 is 0. The van der Waals surface area contributed by atoms with Crippen LogP contribution in [0.5, 0.6) is 0 Å². The summed E-state index contributed by atoms with van der Waals surface area (Å²) in [5, 5.41) is 3.10. The maximum absolute atomic E-state index is 13.6. The van der Waals surface area contributed by atoms with Gasteiger partial charge in [0.15, 0.2) is 23.3 Å². The number of halogens is 8. The predicted octanol–water partition coefficient (Wildman–Crippen LogP) is 3.33. The van der Waals surface area contributed by atoms with Crippen molar-refractivity contribution in [3.05, 3.63) is 46.5 Å². The highest BCUT2D eigenvalue weighted by Crippen LogP contribution is 2.34. The molecular weight excluding hydrogens is 340 g/mol. The fourth-order valence-corrected chi connectivity index (χ4v) is 1.77. The van der Waals surface area contributed by atoms with Gasteiger partial charge in [0, 0.05) is 6.42 Å². The van der Waals surface area contributed by atoms with Crippen molar-refractivity contribution in [1.82, 2.24) is 9.78 Å². The summed E-state index contributed by atoms with van der Waals surface area (Å²) in [5.41, 5.74) is -4.24. The first-order chi connectivity index (χ1) is 10.6. The minimum Gasteiger partial charge on any atom is -0.303 e. The lowest BCUT2D eigenvalue weighted by Gasteiger charge is -2.12. The third-order valence-corrected chi connectivity index (χ3v) is 2.74. The topological polar surface area (TPSA) is 34.9 Å². The van der Waals surface area contributed by atoms with E-state index >= 15 is 0 Å². The minimum atomic E-state index is -5.21. The minimum absolute atomic E-state index is 0.158. The standard InChI is InChI=1S/C12H4F8N2O/c13-6-7(14)9(16)11(10(17)8(6)15)22-5(12(18,19)20)3-4(21-22)1-2-23/h2-3H,1H2. The van der Waals surface area contributed by atoms with E-state index in [9.17, 15) is 39.9 Å². The quantitative estimate of drug-likeness (QED) is 0.371. The third kappa shape index (κ3) is 2.78. The molecule has 0 aliphatic rings. The number of aldehydes is 1. The first-order valence-corrected chi connectivity index (χ1v) is 5.71. The summed E-state index contributed by atoms with van der Waals surface area (Å²) in [6.45, 7) is 0. The molecule has 1 aromatic carbocycles. The molecule has 11 heteroatoms. The van der Waals surface area contributed by atoms with Gasteiger partial charge in [0.05, 0.1) is 5.69 Å². The second-order valence-electron chi connectivity index (χ2n) is 4.22. The van der Waals surface area contributed by atoms with Crippen molar-refractivity contribution in [3.8, 4) is 5.69 Å². The number of hydrogen-bond acceptors (Lipinski definition) is 2. The lowest BCUT2D eigenvalue weighted by atomic mass is 10.2. The van der Waals surface area contributed by atoms with Gasteiger partial charge in [-0.2, -0.15) is 18.3 Å². The van der Waals surface area contributed by atoms with Crippen LogP contribution < -0.4 is 0 Å². The van der Waals surface area contributed by atoms with Gasteiger partial charge in [-0.25, -0.2) is 26.6 Å². The van der Waals surface area contributed by atoms with Crippen molar-refractivity contribution < 1.29 is 39.9 Å². The fraction of sp³-hybridized carbons (Fsp3) is 0.167. The van der Waals surface area contributed by atoms with Crippen LogP contribution in [0.1, 0.15) is 11.4 Å². The Balaban J connectivity index is 2.84. The average Bonchev–Trinajstić information content (AvgIpc) is 2.87. The van der Waals surface area contributed by atoms with Gasteiger partial charge in [0.1, 0.15) is 17.7 Å². The van der Waals surface area contributed by atoms with Crippen LogP contribution in [-0.2, 0) is 17.4 Å². The molecule has 1 heterocycles. The number of hydrogen-bond donors (Lipinski definition) is 0. The Labute approximate surface area is 122 Å². The smallest absolute Gasteiger partial charge is 0.303 e. The summed E-state index contributed by atoms with van der Waals surface area (Å²) in [5.74, 6) is -12.3. The van der Waals surface area contributed by atoms with E-state index < -0.39 is 63.4 Å². The summed E-state index contributed by atoms with van der Waals surface area (Å²) < 4.78 is 105. The van der Waals surface area contributed by atoms with Crippen molar-refractivity contribution in [2.24, 2.45) is 0 Å². The highest BCUT2D eigenvalue weighted by Gasteiger charge is 2.39. The van der Waals surface area contributed by atoms with Gasteiger partial charge in [-0.1, -0.05) is 0 Å². The summed E-state index contributed by atoms with van der Waals surface area (Å²) in [6.07, 6.45) is -5.70. The second kappa shape index (κ2) is 5.63. The molecule has 2 aromatic rings. The highest BCUT2D eigenvalue weighted by atomic mass is 19.4. The van der Waals surface area contributed by atoms with E-state index in [-0.39, 0.29) is 12.4 Å². The van der Waals surface area contributed by atoms with Gasteiger partial charge >= 0.3 is 6.18 Å². The first kappa shape index (κ1) is 16.9. The third-order valence-electron chi connectivity index (χ3n) is 2.74. The summed E-state index contributed by atoms with van der Waals surface area (Å²) in [4.78, 5) is 10.3. The van der Waals surface area contributed by atoms with Gasteiger partial charge < -0.3 is 4.79 Å². The van der Waals surface area contributed by atoms with E-state index in [1.165, 1.54) is 0 Å². The Morgan fingerprint density at radius 2 is 1.43 bits per heavy atom. The SMILES string of the molecule is O=CCc1cc(C(F)(F)F)n(-c2c(F)c(F)c(F)c(F)c2F)n1. The Morgan fingerprint density at radius 3 is 1.87 bits per heavy atom. The predicted molar refractivity (Wildman–Crippen MR) is 58.1 cm³/mol. The second-order valence-corrected chi connectivity index (χ2v) is 4.22. The van der Waals surface area contributed by atoms with Crippen molar-refractivity contribution >= 4 is 6.29 Å². The number of aromatic nitrogens is 2. The van der Waals surface area contributed by atoms with E-state index in [0.717, 1.165) is 0 Å². The number of rotatable bonds is 3. The summed E-state index contributed by atoms with van der Waals surface area (Å²) in [7, 11) is 0. The van der Waals surface area contributed by atoms with E-state index in [4.69, 9.17) is 0 Å². The number of nitrogens with zero attached hydrogens (tertiary/aromatic N) is 2. The molecule has 0 unspecified atom stereocenters. The van der Waals surface area contributed by atoms with Gasteiger partial charge in [0.2, 0.25) is 5.82 Å². The number of alkyl halides is 3. The maximum atomic E-state index is 13.6. The average molecular weight is 344 g/mol. The lowest BCUT2D eigenvalue weighted by Crippen LogP contribution is -2.17. The molecule has 23 heavy (non-hydrogen) atoms. The van der Waals surface area contributed by atoms with Crippen LogP contribution in [0, 0.1) is 29.1 Å². The molecule has 0 aliphatic carbocycles. The molecule has 124 valence electrons. The van der Waals surface area contributed by atoms with E-state index in [0.29, 0.717) is 0 Å². The van der Waals surface area contributed by atoms with Crippen molar-refractivity contribution in [2.75, 3.05) is 0 Å². The lowest BCUT2D eigenvalue weighted by molar-refractivity contribution is -0.142. The fourth-order valence-electron chi connectivity index (χ4n) is 1.77. The maximum Gasteiger partial charge on any atom is 0.433 e. The molecule has 0 saturated carbocycles. The Bertz CT molecular complexity index is 751. The molecule has 0 N–H and O–H groups in total. The molecule has 3 nitrogen and oxygen atoms in total. The van der Waals surface area contributed by atoms with Crippen LogP contribution in [0.25, 0.3) is 5.69 Å². The van der Waals surface area contributed by atoms with Crippen LogP contribution in [0.4, 0.5) is 35.1 Å². The van der Waals surface area contributed by atoms with Crippen LogP contribution >= 0.6 is 0 Å². The number of carbonyl (C=O) groups excluding carboxylic acids is 1. The van der Waals surface area contributed by atoms with Crippen molar-refractivity contribution in [2.45, 2.75) is 12.6 Å². The molecule has 0 aliphatic heterocycles. The number of benzene rings is 1. The van der Waals surface area contributed by atoms with Crippen LogP contribution in [0.3, 0.4) is 0 Å². The normalized spacial score (nSPS) is 11.8. The van der Waals surface area contributed by atoms with E-state index in [2.05, 4.69) is 5.10 Å². The van der Waals surface area contributed by atoms with Gasteiger partial charge in [0.25, 0.3) is 0 Å². The molecular formula is C12H4F8N2O. The van der Waals surface area contributed by atoms with E-state index in [1.807, 2.05) is 0 Å². The Kier molecular flexibility index (Phi) is 4.14. The molecule has 0 atom stereocenters. The Morgan fingerprint density at radius 1 is 0.957 bits per heavy atom. The number of carbonyl (C=O) groups is 1. The molecule has 2 rings (SSSR count). The van der Waals surface area contributed by atoms with Gasteiger partial charge in [-0.15, -0.1) is 0 Å². The van der Waals surface area contributed by atoms with Crippen LogP contribution in [-0.4, -0.2) is 16.1 Å². The van der Waals surface area contributed by atoms with Crippen LogP contribution in [0.2, 0.25) is 0 Å². The molecule has 0 radical (unpaired) electrons. The monoisotopic (exact) mass is 344 g/mol. The molecule has 0 saturated heterocycles. The zero-order chi connectivity index (χ0) is 17.5. The molecule has 0 amide bonds. The van der Waals surface area contributed by atoms with Crippen molar-refractivity contribution in [3.63, 3.8) is 0 Å². The molecule has 1 aromatic heterocycles. The van der Waals surface area contributed by atoms with Crippen LogP contribution in [0.15, 0.2) is 6.07 Å². The largest absolute Gasteiger partial charge is 0.433 e. The molecule has 0 spiro atoms. The highest BCUT2D eigenvalue weighted by molar-refractivity contribution is 5.54. The molecule has 0 bridgehead atoms. The molecule has 0 fully saturated rings. The van der Waals surface area contributed by atoms with E-state index in [1.54, 1.807) is 0 Å². The zero-order valence-electron chi connectivity index (χ0n) is 10.7.